The molecule has 0 amide bonds. The lowest BCUT2D eigenvalue weighted by Crippen LogP contribution is -2.51. The Hall–Kier alpha value is -1.60. The maximum atomic E-state index is 4.57. The Labute approximate surface area is 164 Å². The summed E-state index contributed by atoms with van der Waals surface area (Å²) in [6.45, 7) is 13.6. The second kappa shape index (κ2) is 9.55. The number of rotatable bonds is 5. The predicted molar refractivity (Wildman–Crippen MR) is 111 cm³/mol. The van der Waals surface area contributed by atoms with Crippen LogP contribution in [0, 0.1) is 11.8 Å². The van der Waals surface area contributed by atoms with Gasteiger partial charge in [-0.15, -0.1) is 0 Å². The molecule has 2 saturated heterocycles. The van der Waals surface area contributed by atoms with Crippen LogP contribution in [0.25, 0.3) is 0 Å². The molecular weight excluding hydrogens is 338 g/mol. The smallest absolute Gasteiger partial charge is 0.193 e. The van der Waals surface area contributed by atoms with E-state index in [1.54, 1.807) is 0 Å². The molecule has 2 aliphatic rings. The first-order valence-corrected chi connectivity index (χ1v) is 10.4. The minimum absolute atomic E-state index is 0.461. The lowest BCUT2D eigenvalue weighted by atomic mass is 9.93. The molecule has 0 bridgehead atoms. The van der Waals surface area contributed by atoms with Crippen molar-refractivity contribution in [2.75, 3.05) is 66.5 Å². The second-order valence-electron chi connectivity index (χ2n) is 8.43. The van der Waals surface area contributed by atoms with Crippen LogP contribution < -0.4 is 5.32 Å². The van der Waals surface area contributed by atoms with Gasteiger partial charge in [-0.2, -0.15) is 0 Å². The van der Waals surface area contributed by atoms with Gasteiger partial charge in [0.2, 0.25) is 0 Å². The Morgan fingerprint density at radius 2 is 2.04 bits per heavy atom. The molecule has 152 valence electrons. The van der Waals surface area contributed by atoms with Gasteiger partial charge in [0, 0.05) is 71.8 Å². The molecule has 7 heteroatoms. The summed E-state index contributed by atoms with van der Waals surface area (Å²) in [6, 6.07) is 0.461. The fraction of sp³-hybridized carbons (Fsp3) is 0.800. The first-order chi connectivity index (χ1) is 13.1. The maximum absolute atomic E-state index is 4.57. The maximum Gasteiger partial charge on any atom is 0.193 e. The molecule has 1 aromatic rings. The van der Waals surface area contributed by atoms with Crippen molar-refractivity contribution >= 4 is 5.96 Å². The van der Waals surface area contributed by atoms with E-state index in [4.69, 9.17) is 0 Å². The summed E-state index contributed by atoms with van der Waals surface area (Å²) in [4.78, 5) is 16.2. The van der Waals surface area contributed by atoms with Gasteiger partial charge >= 0.3 is 0 Å². The van der Waals surface area contributed by atoms with Gasteiger partial charge in [0.25, 0.3) is 0 Å². The van der Waals surface area contributed by atoms with Crippen LogP contribution in [-0.2, 0) is 0 Å². The number of piperazine rings is 1. The largest absolute Gasteiger partial charge is 0.356 e. The fourth-order valence-electron chi connectivity index (χ4n) is 4.23. The zero-order chi connectivity index (χ0) is 19.2. The number of guanidine groups is 1. The normalized spacial score (nSPS) is 27.0. The monoisotopic (exact) mass is 375 g/mol. The lowest BCUT2D eigenvalue weighted by molar-refractivity contribution is 0.138. The van der Waals surface area contributed by atoms with Gasteiger partial charge in [-0.25, -0.2) is 4.98 Å². The Morgan fingerprint density at radius 3 is 2.70 bits per heavy atom. The third-order valence-electron chi connectivity index (χ3n) is 6.11. The van der Waals surface area contributed by atoms with Crippen molar-refractivity contribution in [1.82, 2.24) is 29.6 Å². The van der Waals surface area contributed by atoms with E-state index in [0.717, 1.165) is 32.1 Å². The van der Waals surface area contributed by atoms with E-state index in [-0.39, 0.29) is 0 Å². The predicted octanol–water partition coefficient (Wildman–Crippen LogP) is 1.22. The van der Waals surface area contributed by atoms with Crippen molar-refractivity contribution in [3.63, 3.8) is 0 Å². The zero-order valence-corrected chi connectivity index (χ0v) is 17.5. The molecule has 0 aromatic carbocycles. The first kappa shape index (κ1) is 20.1. The minimum Gasteiger partial charge on any atom is -0.356 e. The SMILES string of the molecule is CN=C(NCC(C)CN1CCN(C)CC1)N1CCC(C)C(n2ccnc2)C1. The molecule has 3 atom stereocenters. The molecule has 0 spiro atoms. The van der Waals surface area contributed by atoms with Crippen molar-refractivity contribution in [3.8, 4) is 0 Å². The highest BCUT2D eigenvalue weighted by Crippen LogP contribution is 2.27. The van der Waals surface area contributed by atoms with Gasteiger partial charge in [0.15, 0.2) is 5.96 Å². The van der Waals surface area contributed by atoms with Gasteiger partial charge in [0.1, 0.15) is 0 Å². The highest BCUT2D eigenvalue weighted by molar-refractivity contribution is 5.80. The van der Waals surface area contributed by atoms with Crippen LogP contribution in [0.1, 0.15) is 26.3 Å². The number of aliphatic imine (C=N–C) groups is 1. The molecule has 0 radical (unpaired) electrons. The quantitative estimate of drug-likeness (QED) is 0.620. The van der Waals surface area contributed by atoms with E-state index in [1.807, 2.05) is 19.6 Å². The summed E-state index contributed by atoms with van der Waals surface area (Å²) in [5.41, 5.74) is 0. The molecular formula is C20H37N7. The number of aromatic nitrogens is 2. The molecule has 2 aliphatic heterocycles. The molecule has 3 rings (SSSR count). The average Bonchev–Trinajstić information content (AvgIpc) is 3.20. The van der Waals surface area contributed by atoms with Gasteiger partial charge in [-0.05, 0) is 25.3 Å². The van der Waals surface area contributed by atoms with Crippen molar-refractivity contribution in [2.45, 2.75) is 26.3 Å². The van der Waals surface area contributed by atoms with Crippen molar-refractivity contribution in [2.24, 2.45) is 16.8 Å². The summed E-state index contributed by atoms with van der Waals surface area (Å²) in [5, 5.41) is 3.63. The van der Waals surface area contributed by atoms with Crippen molar-refractivity contribution in [1.29, 1.82) is 0 Å². The van der Waals surface area contributed by atoms with E-state index in [9.17, 15) is 0 Å². The molecule has 1 N–H and O–H groups in total. The summed E-state index contributed by atoms with van der Waals surface area (Å²) in [5.74, 6) is 2.31. The summed E-state index contributed by atoms with van der Waals surface area (Å²) < 4.78 is 2.25. The van der Waals surface area contributed by atoms with Crippen molar-refractivity contribution < 1.29 is 0 Å². The third kappa shape index (κ3) is 5.45. The van der Waals surface area contributed by atoms with Gasteiger partial charge in [-0.1, -0.05) is 13.8 Å². The molecule has 3 unspecified atom stereocenters. The standard InChI is InChI=1S/C20H37N7/c1-17(14-25-11-9-24(4)10-12-25)13-23-20(21-3)26-7-5-18(2)19(15-26)27-8-6-22-16-27/h6,8,16-19H,5,7,9-15H2,1-4H3,(H,21,23). The molecule has 1 aromatic heterocycles. The van der Waals surface area contributed by atoms with Crippen LogP contribution in [-0.4, -0.2) is 96.7 Å². The van der Waals surface area contributed by atoms with Crippen LogP contribution >= 0.6 is 0 Å². The molecule has 0 aliphatic carbocycles. The van der Waals surface area contributed by atoms with E-state index in [2.05, 4.69) is 61.7 Å². The molecule has 27 heavy (non-hydrogen) atoms. The van der Waals surface area contributed by atoms with Gasteiger partial charge < -0.3 is 24.6 Å². The molecule has 2 fully saturated rings. The zero-order valence-electron chi connectivity index (χ0n) is 17.5. The molecule has 0 saturated carbocycles. The van der Waals surface area contributed by atoms with Gasteiger partial charge in [0.05, 0.1) is 12.4 Å². The molecule has 7 nitrogen and oxygen atoms in total. The Morgan fingerprint density at radius 1 is 1.26 bits per heavy atom. The summed E-state index contributed by atoms with van der Waals surface area (Å²) in [7, 11) is 4.11. The van der Waals surface area contributed by atoms with E-state index in [1.165, 1.54) is 32.6 Å². The molecule has 3 heterocycles. The average molecular weight is 376 g/mol. The highest BCUT2D eigenvalue weighted by Gasteiger charge is 2.29. The number of likely N-dealkylation sites (N-methyl/N-ethyl adjacent to an activating group) is 1. The van der Waals surface area contributed by atoms with Crippen LogP contribution in [0.4, 0.5) is 0 Å². The number of likely N-dealkylation sites (tertiary alicyclic amines) is 1. The second-order valence-corrected chi connectivity index (χ2v) is 8.43. The number of imidazole rings is 1. The Bertz CT molecular complexity index is 577. The topological polar surface area (TPSA) is 51.9 Å². The van der Waals surface area contributed by atoms with Crippen LogP contribution in [0.15, 0.2) is 23.7 Å². The minimum atomic E-state index is 0.461. The van der Waals surface area contributed by atoms with E-state index >= 15 is 0 Å². The first-order valence-electron chi connectivity index (χ1n) is 10.4. The Kier molecular flexibility index (Phi) is 7.13. The number of hydrogen-bond acceptors (Lipinski definition) is 4. The van der Waals surface area contributed by atoms with E-state index in [0.29, 0.717) is 17.9 Å². The summed E-state index contributed by atoms with van der Waals surface area (Å²) >= 11 is 0. The van der Waals surface area contributed by atoms with Crippen LogP contribution in [0.2, 0.25) is 0 Å². The summed E-state index contributed by atoms with van der Waals surface area (Å²) in [6.07, 6.45) is 7.08. The fourth-order valence-corrected chi connectivity index (χ4v) is 4.23. The number of hydrogen-bond donors (Lipinski definition) is 1. The number of piperidine rings is 1. The van der Waals surface area contributed by atoms with Crippen LogP contribution in [0.5, 0.6) is 0 Å². The van der Waals surface area contributed by atoms with Gasteiger partial charge in [-0.3, -0.25) is 4.99 Å². The lowest BCUT2D eigenvalue weighted by Gasteiger charge is -2.39. The third-order valence-corrected chi connectivity index (χ3v) is 6.11. The number of nitrogens with zero attached hydrogens (tertiary/aromatic N) is 6. The van der Waals surface area contributed by atoms with Crippen LogP contribution in [0.3, 0.4) is 0 Å². The Balaban J connectivity index is 1.48. The van der Waals surface area contributed by atoms with Crippen molar-refractivity contribution in [3.05, 3.63) is 18.7 Å². The number of nitrogens with one attached hydrogen (secondary N) is 1. The highest BCUT2D eigenvalue weighted by atomic mass is 15.3. The van der Waals surface area contributed by atoms with E-state index < -0.39 is 0 Å².